The van der Waals surface area contributed by atoms with Crippen LogP contribution in [0.25, 0.3) is 0 Å². The number of carbonyl (C=O) groups is 1. The van der Waals surface area contributed by atoms with Crippen molar-refractivity contribution >= 4 is 18.3 Å². The van der Waals surface area contributed by atoms with Crippen molar-refractivity contribution in [2.45, 2.75) is 12.5 Å². The number of halogens is 1. The number of nitrogens with one attached hydrogen (secondary N) is 1. The van der Waals surface area contributed by atoms with Crippen molar-refractivity contribution in [3.05, 3.63) is 30.1 Å². The molecule has 1 aromatic heterocycles. The second-order valence-corrected chi connectivity index (χ2v) is 3.46. The molecule has 0 aliphatic carbocycles. The molecule has 6 heteroatoms. The molecule has 0 aromatic carbocycles. The number of aromatic nitrogens is 1. The summed E-state index contributed by atoms with van der Waals surface area (Å²) in [7, 11) is 1.52. The molecule has 1 rings (SSSR count). The molecule has 0 aliphatic rings. The largest absolute Gasteiger partial charge is 0.383 e. The Morgan fingerprint density at radius 3 is 2.76 bits per heavy atom. The zero-order valence-electron chi connectivity index (χ0n) is 9.76. The second-order valence-electron chi connectivity index (χ2n) is 3.46. The van der Waals surface area contributed by atoms with Gasteiger partial charge in [-0.1, -0.05) is 0 Å². The Morgan fingerprint density at radius 1 is 1.53 bits per heavy atom. The summed E-state index contributed by atoms with van der Waals surface area (Å²) in [5.74, 6) is -0.184. The molecule has 96 valence electrons. The number of methoxy groups -OCH3 is 1. The Bertz CT molecular complexity index is 322. The first-order valence-corrected chi connectivity index (χ1v) is 5.15. The summed E-state index contributed by atoms with van der Waals surface area (Å²) in [5, 5.41) is 2.75. The number of nitrogens with two attached hydrogens (primary N) is 1. The van der Waals surface area contributed by atoms with Gasteiger partial charge in [0.2, 0.25) is 5.91 Å². The highest BCUT2D eigenvalue weighted by atomic mass is 35.5. The topological polar surface area (TPSA) is 77.2 Å². The molecule has 0 spiro atoms. The average molecular weight is 260 g/mol. The summed E-state index contributed by atoms with van der Waals surface area (Å²) in [5.41, 5.74) is 6.69. The molecular formula is C11H18ClN3O2. The van der Waals surface area contributed by atoms with Gasteiger partial charge in [0, 0.05) is 26.0 Å². The number of carbonyl (C=O) groups excluding carboxylic acids is 1. The lowest BCUT2D eigenvalue weighted by molar-refractivity contribution is -0.123. The normalized spacial score (nSPS) is 11.4. The highest BCUT2D eigenvalue weighted by Crippen LogP contribution is 1.95. The fourth-order valence-electron chi connectivity index (χ4n) is 1.27. The van der Waals surface area contributed by atoms with Gasteiger partial charge < -0.3 is 15.8 Å². The minimum absolute atomic E-state index is 0. The van der Waals surface area contributed by atoms with Crippen LogP contribution in [0.1, 0.15) is 5.56 Å². The number of rotatable bonds is 6. The van der Waals surface area contributed by atoms with E-state index in [1.807, 2.05) is 12.1 Å². The van der Waals surface area contributed by atoms with Crippen LogP contribution in [-0.2, 0) is 16.0 Å². The van der Waals surface area contributed by atoms with Crippen LogP contribution in [0.2, 0.25) is 0 Å². The third kappa shape index (κ3) is 6.21. The van der Waals surface area contributed by atoms with Crippen molar-refractivity contribution in [3.63, 3.8) is 0 Å². The Morgan fingerprint density at radius 2 is 2.18 bits per heavy atom. The maximum Gasteiger partial charge on any atom is 0.239 e. The van der Waals surface area contributed by atoms with Gasteiger partial charge in [-0.15, -0.1) is 12.4 Å². The van der Waals surface area contributed by atoms with Crippen molar-refractivity contribution in [3.8, 4) is 0 Å². The first-order valence-electron chi connectivity index (χ1n) is 5.15. The summed E-state index contributed by atoms with van der Waals surface area (Å²) in [6.07, 6.45) is 4.23. The lowest BCUT2D eigenvalue weighted by Gasteiger charge is -2.10. The maximum atomic E-state index is 11.4. The van der Waals surface area contributed by atoms with Gasteiger partial charge in [0.05, 0.1) is 6.61 Å². The Hall–Kier alpha value is -1.17. The van der Waals surface area contributed by atoms with E-state index in [2.05, 4.69) is 10.3 Å². The van der Waals surface area contributed by atoms with Crippen molar-refractivity contribution in [1.29, 1.82) is 0 Å². The van der Waals surface area contributed by atoms with Gasteiger partial charge >= 0.3 is 0 Å². The van der Waals surface area contributed by atoms with Crippen molar-refractivity contribution in [1.82, 2.24) is 10.3 Å². The SMILES string of the molecule is COCC(N)C(=O)NCCc1ccncc1.Cl. The fraction of sp³-hybridized carbons (Fsp3) is 0.455. The third-order valence-corrected chi connectivity index (χ3v) is 2.15. The predicted molar refractivity (Wildman–Crippen MR) is 68.1 cm³/mol. The molecule has 1 unspecified atom stereocenters. The zero-order valence-corrected chi connectivity index (χ0v) is 10.6. The van der Waals surface area contributed by atoms with E-state index in [0.29, 0.717) is 6.54 Å². The molecule has 17 heavy (non-hydrogen) atoms. The molecule has 0 fully saturated rings. The van der Waals surface area contributed by atoms with Gasteiger partial charge in [0.25, 0.3) is 0 Å². The van der Waals surface area contributed by atoms with E-state index in [0.717, 1.165) is 12.0 Å². The van der Waals surface area contributed by atoms with Crippen molar-refractivity contribution < 1.29 is 9.53 Å². The van der Waals surface area contributed by atoms with Crippen LogP contribution in [0, 0.1) is 0 Å². The van der Waals surface area contributed by atoms with Gasteiger partial charge in [-0.25, -0.2) is 0 Å². The second kappa shape index (κ2) is 8.92. The lowest BCUT2D eigenvalue weighted by Crippen LogP contribution is -2.44. The molecular weight excluding hydrogens is 242 g/mol. The van der Waals surface area contributed by atoms with E-state index in [-0.39, 0.29) is 24.9 Å². The Balaban J connectivity index is 0.00000256. The number of hydrogen-bond donors (Lipinski definition) is 2. The molecule has 0 radical (unpaired) electrons. The van der Waals surface area contributed by atoms with E-state index in [4.69, 9.17) is 10.5 Å². The minimum Gasteiger partial charge on any atom is -0.383 e. The van der Waals surface area contributed by atoms with Crippen LogP contribution in [0.5, 0.6) is 0 Å². The van der Waals surface area contributed by atoms with Crippen LogP contribution in [-0.4, -0.2) is 37.2 Å². The molecule has 1 amide bonds. The molecule has 1 heterocycles. The molecule has 0 saturated carbocycles. The summed E-state index contributed by atoms with van der Waals surface area (Å²) in [4.78, 5) is 15.3. The molecule has 3 N–H and O–H groups in total. The smallest absolute Gasteiger partial charge is 0.239 e. The lowest BCUT2D eigenvalue weighted by atomic mass is 10.2. The first-order chi connectivity index (χ1) is 7.74. The van der Waals surface area contributed by atoms with Crippen LogP contribution in [0.15, 0.2) is 24.5 Å². The predicted octanol–water partition coefficient (Wildman–Crippen LogP) is 0.136. The van der Waals surface area contributed by atoms with Crippen molar-refractivity contribution in [2.24, 2.45) is 5.73 Å². The standard InChI is InChI=1S/C11H17N3O2.ClH/c1-16-8-10(12)11(15)14-7-4-9-2-5-13-6-3-9;/h2-3,5-6,10H,4,7-8,12H2,1H3,(H,14,15);1H. The molecule has 0 saturated heterocycles. The summed E-state index contributed by atoms with van der Waals surface area (Å²) in [6, 6.07) is 3.24. The van der Waals surface area contributed by atoms with Gasteiger partial charge in [0.1, 0.15) is 6.04 Å². The van der Waals surface area contributed by atoms with Crippen LogP contribution in [0.4, 0.5) is 0 Å². The van der Waals surface area contributed by atoms with Gasteiger partial charge in [-0.3, -0.25) is 9.78 Å². The summed E-state index contributed by atoms with van der Waals surface area (Å²) < 4.78 is 4.80. The highest BCUT2D eigenvalue weighted by molar-refractivity contribution is 5.85. The Kier molecular flexibility index (Phi) is 8.31. The fourth-order valence-corrected chi connectivity index (χ4v) is 1.27. The van der Waals surface area contributed by atoms with E-state index in [9.17, 15) is 4.79 Å². The minimum atomic E-state index is -0.595. The van der Waals surface area contributed by atoms with Crippen LogP contribution < -0.4 is 11.1 Å². The monoisotopic (exact) mass is 259 g/mol. The average Bonchev–Trinajstić information content (AvgIpc) is 2.30. The van der Waals surface area contributed by atoms with E-state index in [1.165, 1.54) is 7.11 Å². The molecule has 0 aliphatic heterocycles. The van der Waals surface area contributed by atoms with E-state index < -0.39 is 6.04 Å². The number of hydrogen-bond acceptors (Lipinski definition) is 4. The first kappa shape index (κ1) is 15.8. The Labute approximate surface area is 107 Å². The van der Waals surface area contributed by atoms with Crippen LogP contribution in [0.3, 0.4) is 0 Å². The molecule has 5 nitrogen and oxygen atoms in total. The van der Waals surface area contributed by atoms with Gasteiger partial charge in [-0.2, -0.15) is 0 Å². The van der Waals surface area contributed by atoms with Gasteiger partial charge in [0.15, 0.2) is 0 Å². The number of amides is 1. The molecule has 1 aromatic rings. The zero-order chi connectivity index (χ0) is 11.8. The number of ether oxygens (including phenoxy) is 1. The highest BCUT2D eigenvalue weighted by Gasteiger charge is 2.11. The number of pyridine rings is 1. The van der Waals surface area contributed by atoms with E-state index >= 15 is 0 Å². The van der Waals surface area contributed by atoms with E-state index in [1.54, 1.807) is 12.4 Å². The molecule has 0 bridgehead atoms. The van der Waals surface area contributed by atoms with Crippen LogP contribution >= 0.6 is 12.4 Å². The summed E-state index contributed by atoms with van der Waals surface area (Å²) in [6.45, 7) is 0.807. The quantitative estimate of drug-likeness (QED) is 0.762. The number of nitrogens with zero attached hydrogens (tertiary/aromatic N) is 1. The summed E-state index contributed by atoms with van der Waals surface area (Å²) >= 11 is 0. The third-order valence-electron chi connectivity index (χ3n) is 2.15. The van der Waals surface area contributed by atoms with Gasteiger partial charge in [-0.05, 0) is 24.1 Å². The van der Waals surface area contributed by atoms with Crippen molar-refractivity contribution in [2.75, 3.05) is 20.3 Å². The maximum absolute atomic E-state index is 11.4. The molecule has 1 atom stereocenters.